The SMILES string of the molecule is CC(C)(C)CCOCC1(CBr)CCOCC1. The fourth-order valence-corrected chi connectivity index (χ4v) is 2.51. The monoisotopic (exact) mass is 292 g/mol. The minimum Gasteiger partial charge on any atom is -0.381 e. The highest BCUT2D eigenvalue weighted by Crippen LogP contribution is 2.33. The Kier molecular flexibility index (Phi) is 5.75. The molecule has 16 heavy (non-hydrogen) atoms. The van der Waals surface area contributed by atoms with Gasteiger partial charge in [-0.3, -0.25) is 0 Å². The van der Waals surface area contributed by atoms with E-state index in [1.807, 2.05) is 0 Å². The molecular weight excluding hydrogens is 268 g/mol. The molecule has 0 atom stereocenters. The highest BCUT2D eigenvalue weighted by molar-refractivity contribution is 9.09. The third-order valence-corrected chi connectivity index (χ3v) is 4.43. The van der Waals surface area contributed by atoms with Gasteiger partial charge in [0.25, 0.3) is 0 Å². The minimum atomic E-state index is 0.316. The lowest BCUT2D eigenvalue weighted by molar-refractivity contribution is -0.0304. The van der Waals surface area contributed by atoms with Crippen LogP contribution in [-0.2, 0) is 9.47 Å². The first-order chi connectivity index (χ1) is 7.47. The molecule has 0 aromatic carbocycles. The molecule has 1 rings (SSSR count). The Morgan fingerprint density at radius 1 is 1.25 bits per heavy atom. The summed E-state index contributed by atoms with van der Waals surface area (Å²) < 4.78 is 11.3. The van der Waals surface area contributed by atoms with E-state index in [0.717, 1.165) is 51.0 Å². The smallest absolute Gasteiger partial charge is 0.0532 e. The van der Waals surface area contributed by atoms with Crippen LogP contribution in [0, 0.1) is 10.8 Å². The van der Waals surface area contributed by atoms with E-state index < -0.39 is 0 Å². The van der Waals surface area contributed by atoms with Crippen LogP contribution in [0.15, 0.2) is 0 Å². The van der Waals surface area contributed by atoms with Crippen LogP contribution in [0.3, 0.4) is 0 Å². The average Bonchev–Trinajstić information content (AvgIpc) is 2.25. The van der Waals surface area contributed by atoms with Crippen LogP contribution in [0.4, 0.5) is 0 Å². The standard InChI is InChI=1S/C13H25BrO2/c1-12(2,3)4-7-16-11-13(10-14)5-8-15-9-6-13/h4-11H2,1-3H3. The van der Waals surface area contributed by atoms with Crippen molar-refractivity contribution in [3.63, 3.8) is 0 Å². The van der Waals surface area contributed by atoms with Gasteiger partial charge >= 0.3 is 0 Å². The fraction of sp³-hybridized carbons (Fsp3) is 1.00. The Bertz CT molecular complexity index is 193. The van der Waals surface area contributed by atoms with Crippen molar-refractivity contribution in [3.05, 3.63) is 0 Å². The van der Waals surface area contributed by atoms with Gasteiger partial charge in [0.1, 0.15) is 0 Å². The van der Waals surface area contributed by atoms with Gasteiger partial charge in [0.15, 0.2) is 0 Å². The third kappa shape index (κ3) is 5.15. The molecule has 0 aromatic heterocycles. The van der Waals surface area contributed by atoms with Crippen LogP contribution in [0.2, 0.25) is 0 Å². The first-order valence-corrected chi connectivity index (χ1v) is 7.31. The molecule has 0 amide bonds. The number of alkyl halides is 1. The van der Waals surface area contributed by atoms with E-state index in [9.17, 15) is 0 Å². The quantitative estimate of drug-likeness (QED) is 0.569. The Morgan fingerprint density at radius 2 is 1.88 bits per heavy atom. The summed E-state index contributed by atoms with van der Waals surface area (Å²) in [6, 6.07) is 0. The van der Waals surface area contributed by atoms with E-state index in [0.29, 0.717) is 10.8 Å². The summed E-state index contributed by atoms with van der Waals surface area (Å²) in [5.41, 5.74) is 0.688. The molecule has 0 spiro atoms. The van der Waals surface area contributed by atoms with E-state index in [2.05, 4.69) is 36.7 Å². The summed E-state index contributed by atoms with van der Waals surface area (Å²) >= 11 is 3.62. The van der Waals surface area contributed by atoms with Crippen molar-refractivity contribution in [2.45, 2.75) is 40.0 Å². The molecular formula is C13H25BrO2. The van der Waals surface area contributed by atoms with Gasteiger partial charge in [-0.05, 0) is 24.7 Å². The van der Waals surface area contributed by atoms with Gasteiger partial charge in [-0.1, -0.05) is 36.7 Å². The molecule has 0 N–H and O–H groups in total. The number of rotatable bonds is 5. The molecule has 0 unspecified atom stereocenters. The van der Waals surface area contributed by atoms with Crippen LogP contribution in [-0.4, -0.2) is 31.8 Å². The largest absolute Gasteiger partial charge is 0.381 e. The third-order valence-electron chi connectivity index (χ3n) is 3.24. The zero-order valence-corrected chi connectivity index (χ0v) is 12.4. The van der Waals surface area contributed by atoms with Crippen molar-refractivity contribution in [1.29, 1.82) is 0 Å². The summed E-state index contributed by atoms with van der Waals surface area (Å²) in [4.78, 5) is 0. The maximum atomic E-state index is 5.86. The topological polar surface area (TPSA) is 18.5 Å². The number of halogens is 1. The maximum Gasteiger partial charge on any atom is 0.0532 e. The summed E-state index contributed by atoms with van der Waals surface area (Å²) in [6.07, 6.45) is 3.36. The molecule has 1 fully saturated rings. The molecule has 1 aliphatic rings. The highest BCUT2D eigenvalue weighted by atomic mass is 79.9. The zero-order valence-electron chi connectivity index (χ0n) is 10.9. The Hall–Kier alpha value is 0.400. The van der Waals surface area contributed by atoms with E-state index in [1.165, 1.54) is 0 Å². The second kappa shape index (κ2) is 6.36. The van der Waals surface area contributed by atoms with Gasteiger partial charge in [-0.2, -0.15) is 0 Å². The predicted molar refractivity (Wildman–Crippen MR) is 71.2 cm³/mol. The van der Waals surface area contributed by atoms with Crippen LogP contribution in [0.1, 0.15) is 40.0 Å². The first kappa shape index (κ1) is 14.5. The maximum absolute atomic E-state index is 5.86. The summed E-state index contributed by atoms with van der Waals surface area (Å²) in [5, 5.41) is 1.03. The minimum absolute atomic E-state index is 0.316. The molecule has 0 saturated carbocycles. The lowest BCUT2D eigenvalue weighted by Gasteiger charge is -2.35. The molecule has 1 aliphatic heterocycles. The normalized spacial score (nSPS) is 21.0. The van der Waals surface area contributed by atoms with Crippen LogP contribution in [0.5, 0.6) is 0 Å². The summed E-state index contributed by atoms with van der Waals surface area (Å²) in [6.45, 7) is 10.3. The van der Waals surface area contributed by atoms with E-state index in [1.54, 1.807) is 0 Å². The lowest BCUT2D eigenvalue weighted by atomic mass is 9.83. The number of hydrogen-bond acceptors (Lipinski definition) is 2. The number of ether oxygens (including phenoxy) is 2. The molecule has 0 aromatic rings. The predicted octanol–water partition coefficient (Wildman–Crippen LogP) is 3.63. The van der Waals surface area contributed by atoms with Crippen molar-refractivity contribution < 1.29 is 9.47 Å². The molecule has 2 nitrogen and oxygen atoms in total. The van der Waals surface area contributed by atoms with E-state index in [-0.39, 0.29) is 0 Å². The fourth-order valence-electron chi connectivity index (χ4n) is 1.79. The van der Waals surface area contributed by atoms with Crippen LogP contribution in [0.25, 0.3) is 0 Å². The van der Waals surface area contributed by atoms with Gasteiger partial charge in [0, 0.05) is 30.6 Å². The molecule has 1 saturated heterocycles. The molecule has 3 heteroatoms. The molecule has 0 radical (unpaired) electrons. The van der Waals surface area contributed by atoms with Gasteiger partial charge in [0.05, 0.1) is 6.61 Å². The van der Waals surface area contributed by atoms with Crippen LogP contribution < -0.4 is 0 Å². The summed E-state index contributed by atoms with van der Waals surface area (Å²) in [5.74, 6) is 0. The van der Waals surface area contributed by atoms with Gasteiger partial charge in [-0.15, -0.1) is 0 Å². The van der Waals surface area contributed by atoms with Gasteiger partial charge in [-0.25, -0.2) is 0 Å². The highest BCUT2D eigenvalue weighted by Gasteiger charge is 2.31. The van der Waals surface area contributed by atoms with Crippen molar-refractivity contribution in [2.75, 3.05) is 31.8 Å². The van der Waals surface area contributed by atoms with Gasteiger partial charge < -0.3 is 9.47 Å². The van der Waals surface area contributed by atoms with Gasteiger partial charge in [0.2, 0.25) is 0 Å². The van der Waals surface area contributed by atoms with E-state index in [4.69, 9.17) is 9.47 Å². The Morgan fingerprint density at radius 3 is 2.38 bits per heavy atom. The lowest BCUT2D eigenvalue weighted by Crippen LogP contribution is -2.35. The van der Waals surface area contributed by atoms with Crippen LogP contribution >= 0.6 is 15.9 Å². The number of hydrogen-bond donors (Lipinski definition) is 0. The average molecular weight is 293 g/mol. The Labute approximate surface area is 108 Å². The van der Waals surface area contributed by atoms with Crippen molar-refractivity contribution >= 4 is 15.9 Å². The second-order valence-corrected chi connectivity index (χ2v) is 6.67. The molecule has 1 heterocycles. The zero-order chi connectivity index (χ0) is 12.1. The Balaban J connectivity index is 2.23. The first-order valence-electron chi connectivity index (χ1n) is 6.19. The molecule has 0 aliphatic carbocycles. The van der Waals surface area contributed by atoms with E-state index >= 15 is 0 Å². The van der Waals surface area contributed by atoms with Crippen molar-refractivity contribution in [1.82, 2.24) is 0 Å². The molecule has 96 valence electrons. The van der Waals surface area contributed by atoms with Crippen molar-refractivity contribution in [2.24, 2.45) is 10.8 Å². The summed E-state index contributed by atoms with van der Waals surface area (Å²) in [7, 11) is 0. The molecule has 0 bridgehead atoms. The van der Waals surface area contributed by atoms with Crippen molar-refractivity contribution in [3.8, 4) is 0 Å². The second-order valence-electron chi connectivity index (χ2n) is 6.11.